The van der Waals surface area contributed by atoms with Crippen LogP contribution in [0.2, 0.25) is 0 Å². The second kappa shape index (κ2) is 9.03. The van der Waals surface area contributed by atoms with Gasteiger partial charge in [-0.3, -0.25) is 9.59 Å². The molecule has 0 aliphatic carbocycles. The van der Waals surface area contributed by atoms with E-state index in [0.29, 0.717) is 17.9 Å². The maximum absolute atomic E-state index is 12.1. The predicted molar refractivity (Wildman–Crippen MR) is 100 cm³/mol. The van der Waals surface area contributed by atoms with Gasteiger partial charge in [0.25, 0.3) is 5.91 Å². The van der Waals surface area contributed by atoms with Crippen molar-refractivity contribution >= 4 is 17.7 Å². The minimum atomic E-state index is -0.948. The summed E-state index contributed by atoms with van der Waals surface area (Å²) in [5, 5.41) is 2.60. The molecule has 0 spiro atoms. The Morgan fingerprint density at radius 2 is 1.75 bits per heavy atom. The number of carbonyl (C=O) groups is 3. The van der Waals surface area contributed by atoms with Gasteiger partial charge in [0.1, 0.15) is 6.61 Å². The Morgan fingerprint density at radius 3 is 2.46 bits per heavy atom. The molecule has 146 valence electrons. The second-order valence-corrected chi connectivity index (χ2v) is 6.39. The van der Waals surface area contributed by atoms with Crippen LogP contribution >= 0.6 is 0 Å². The number of hydrogen-bond acceptors (Lipinski definition) is 6. The van der Waals surface area contributed by atoms with Crippen molar-refractivity contribution in [3.63, 3.8) is 0 Å². The summed E-state index contributed by atoms with van der Waals surface area (Å²) in [6.07, 6.45) is -0.581. The summed E-state index contributed by atoms with van der Waals surface area (Å²) in [6, 6.07) is 15.6. The molecule has 1 heterocycles. The van der Waals surface area contributed by atoms with Gasteiger partial charge in [-0.15, -0.1) is 0 Å². The van der Waals surface area contributed by atoms with Crippen molar-refractivity contribution < 1.29 is 28.6 Å². The van der Waals surface area contributed by atoms with E-state index >= 15 is 0 Å². The van der Waals surface area contributed by atoms with E-state index in [1.807, 2.05) is 30.3 Å². The van der Waals surface area contributed by atoms with E-state index in [0.717, 1.165) is 5.56 Å². The zero-order valence-electron chi connectivity index (χ0n) is 15.4. The van der Waals surface area contributed by atoms with Gasteiger partial charge in [0.05, 0.1) is 6.04 Å². The Hall–Kier alpha value is -3.35. The molecule has 2 atom stereocenters. The molecular formula is C21H21NO6. The number of hydrogen-bond donors (Lipinski definition) is 1. The Kier molecular flexibility index (Phi) is 6.26. The standard InChI is InChI=1S/C21H21NO6/c1-14(23)16(11-15-7-3-2-4-8-15)22-20(24)13-27-21(25)19-12-26-17-9-5-6-10-18(17)28-19/h2-10,16,19H,11-13H2,1H3,(H,22,24)/t16-,19-/m1/s1. The first-order chi connectivity index (χ1) is 13.5. The molecule has 0 fully saturated rings. The molecule has 28 heavy (non-hydrogen) atoms. The van der Waals surface area contributed by atoms with Crippen molar-refractivity contribution in [2.45, 2.75) is 25.5 Å². The van der Waals surface area contributed by atoms with Crippen LogP contribution in [0.5, 0.6) is 11.5 Å². The molecule has 0 aromatic heterocycles. The van der Waals surface area contributed by atoms with Crippen molar-refractivity contribution in [1.82, 2.24) is 5.32 Å². The van der Waals surface area contributed by atoms with Crippen LogP contribution < -0.4 is 14.8 Å². The van der Waals surface area contributed by atoms with Gasteiger partial charge in [-0.05, 0) is 31.0 Å². The first kappa shape index (κ1) is 19.4. The van der Waals surface area contributed by atoms with Crippen LogP contribution in [-0.2, 0) is 25.5 Å². The van der Waals surface area contributed by atoms with E-state index in [1.165, 1.54) is 6.92 Å². The third-order valence-corrected chi connectivity index (χ3v) is 4.23. The number of fused-ring (bicyclic) bond motifs is 1. The van der Waals surface area contributed by atoms with Gasteiger partial charge in [-0.2, -0.15) is 0 Å². The number of rotatable bonds is 7. The Morgan fingerprint density at radius 1 is 1.07 bits per heavy atom. The summed E-state index contributed by atoms with van der Waals surface area (Å²) in [5.41, 5.74) is 0.923. The van der Waals surface area contributed by atoms with Crippen LogP contribution in [0.1, 0.15) is 12.5 Å². The average molecular weight is 383 g/mol. The molecular weight excluding hydrogens is 362 g/mol. The number of ketones is 1. The lowest BCUT2D eigenvalue weighted by Gasteiger charge is -2.25. The van der Waals surface area contributed by atoms with Gasteiger partial charge in [-0.25, -0.2) is 4.79 Å². The molecule has 7 nitrogen and oxygen atoms in total. The highest BCUT2D eigenvalue weighted by Crippen LogP contribution is 2.31. The molecule has 1 N–H and O–H groups in total. The van der Waals surface area contributed by atoms with E-state index in [-0.39, 0.29) is 12.4 Å². The summed E-state index contributed by atoms with van der Waals surface area (Å²) in [4.78, 5) is 36.1. The molecule has 0 saturated carbocycles. The SMILES string of the molecule is CC(=O)[C@@H](Cc1ccccc1)NC(=O)COC(=O)[C@H]1COc2ccccc2O1. The Bertz CT molecular complexity index is 851. The maximum atomic E-state index is 12.1. The molecule has 1 aliphatic rings. The normalized spacial score (nSPS) is 16.0. The van der Waals surface area contributed by atoms with Gasteiger partial charge in [-0.1, -0.05) is 42.5 Å². The molecule has 3 rings (SSSR count). The summed E-state index contributed by atoms with van der Waals surface area (Å²) < 4.78 is 16.0. The van der Waals surface area contributed by atoms with E-state index in [4.69, 9.17) is 14.2 Å². The first-order valence-electron chi connectivity index (χ1n) is 8.92. The summed E-state index contributed by atoms with van der Waals surface area (Å²) in [5.74, 6) is -0.438. The van der Waals surface area contributed by atoms with Gasteiger partial charge in [0, 0.05) is 0 Å². The van der Waals surface area contributed by atoms with Crippen LogP contribution in [0.15, 0.2) is 54.6 Å². The number of nitrogens with one attached hydrogen (secondary N) is 1. The lowest BCUT2D eigenvalue weighted by molar-refractivity contribution is -0.157. The average Bonchev–Trinajstić information content (AvgIpc) is 2.72. The number of benzene rings is 2. The fourth-order valence-electron chi connectivity index (χ4n) is 2.75. The second-order valence-electron chi connectivity index (χ2n) is 6.39. The first-order valence-corrected chi connectivity index (χ1v) is 8.92. The van der Waals surface area contributed by atoms with Crippen molar-refractivity contribution in [2.75, 3.05) is 13.2 Å². The molecule has 1 aliphatic heterocycles. The smallest absolute Gasteiger partial charge is 0.351 e. The van der Waals surface area contributed by atoms with Gasteiger partial charge in [0.2, 0.25) is 6.10 Å². The van der Waals surface area contributed by atoms with Crippen LogP contribution in [0.25, 0.3) is 0 Å². The third-order valence-electron chi connectivity index (χ3n) is 4.23. The number of carbonyl (C=O) groups excluding carboxylic acids is 3. The minimum Gasteiger partial charge on any atom is -0.485 e. The number of para-hydroxylation sites is 2. The van der Waals surface area contributed by atoms with Crippen molar-refractivity contribution in [3.05, 3.63) is 60.2 Å². The fraction of sp³-hybridized carbons (Fsp3) is 0.286. The Labute approximate surface area is 162 Å². The zero-order valence-corrected chi connectivity index (χ0v) is 15.4. The van der Waals surface area contributed by atoms with Crippen LogP contribution in [0.3, 0.4) is 0 Å². The maximum Gasteiger partial charge on any atom is 0.351 e. The van der Waals surface area contributed by atoms with Crippen molar-refractivity contribution in [2.24, 2.45) is 0 Å². The quantitative estimate of drug-likeness (QED) is 0.732. The van der Waals surface area contributed by atoms with Gasteiger partial charge in [0.15, 0.2) is 23.9 Å². The highest BCUT2D eigenvalue weighted by atomic mass is 16.6. The molecule has 0 bridgehead atoms. The highest BCUT2D eigenvalue weighted by Gasteiger charge is 2.29. The number of Topliss-reactive ketones (excluding diaryl/α,β-unsaturated/α-hetero) is 1. The fourth-order valence-corrected chi connectivity index (χ4v) is 2.75. The van der Waals surface area contributed by atoms with E-state index in [1.54, 1.807) is 24.3 Å². The zero-order chi connectivity index (χ0) is 19.9. The van der Waals surface area contributed by atoms with Crippen molar-refractivity contribution in [1.29, 1.82) is 0 Å². The minimum absolute atomic E-state index is 0.00153. The lowest BCUT2D eigenvalue weighted by atomic mass is 10.0. The lowest BCUT2D eigenvalue weighted by Crippen LogP contribution is -2.44. The van der Waals surface area contributed by atoms with Crippen LogP contribution in [0.4, 0.5) is 0 Å². The largest absolute Gasteiger partial charge is 0.485 e. The molecule has 7 heteroatoms. The monoisotopic (exact) mass is 383 g/mol. The topological polar surface area (TPSA) is 90.9 Å². The van der Waals surface area contributed by atoms with E-state index in [9.17, 15) is 14.4 Å². The number of ether oxygens (including phenoxy) is 3. The van der Waals surface area contributed by atoms with Gasteiger partial charge >= 0.3 is 5.97 Å². The van der Waals surface area contributed by atoms with Gasteiger partial charge < -0.3 is 19.5 Å². The van der Waals surface area contributed by atoms with E-state index < -0.39 is 30.6 Å². The molecule has 2 aromatic rings. The van der Waals surface area contributed by atoms with Crippen LogP contribution in [0, 0.1) is 0 Å². The number of esters is 1. The predicted octanol–water partition coefficient (Wildman–Crippen LogP) is 1.69. The third kappa shape index (κ3) is 5.09. The Balaban J connectivity index is 1.49. The molecule has 0 saturated heterocycles. The summed E-state index contributed by atoms with van der Waals surface area (Å²) in [7, 11) is 0. The molecule has 1 amide bonds. The molecule has 0 unspecified atom stereocenters. The van der Waals surface area contributed by atoms with Crippen LogP contribution in [-0.4, -0.2) is 43.0 Å². The molecule has 0 radical (unpaired) electrons. The highest BCUT2D eigenvalue weighted by molar-refractivity contribution is 5.89. The molecule has 2 aromatic carbocycles. The summed E-state index contributed by atoms with van der Waals surface area (Å²) in [6.45, 7) is 0.908. The van der Waals surface area contributed by atoms with Crippen molar-refractivity contribution in [3.8, 4) is 11.5 Å². The summed E-state index contributed by atoms with van der Waals surface area (Å²) >= 11 is 0. The number of amides is 1. The van der Waals surface area contributed by atoms with E-state index in [2.05, 4.69) is 5.32 Å².